The molecule has 3 unspecified atom stereocenters. The van der Waals surface area contributed by atoms with Gasteiger partial charge in [0.05, 0.1) is 34.0 Å². The maximum atomic E-state index is 13.6. The average Bonchev–Trinajstić information content (AvgIpc) is 1.73. The first-order valence-corrected chi connectivity index (χ1v) is 30.2. The number of benzodiazepines with no additional fused rings is 2. The molecule has 0 saturated carbocycles. The van der Waals surface area contributed by atoms with Gasteiger partial charge in [-0.15, -0.1) is 5.10 Å². The number of aromatic nitrogens is 6. The van der Waals surface area contributed by atoms with Gasteiger partial charge in [0.15, 0.2) is 5.78 Å². The predicted octanol–water partition coefficient (Wildman–Crippen LogP) is 10.4. The largest absolute Gasteiger partial charge is 0.445 e. The van der Waals surface area contributed by atoms with Crippen LogP contribution in [0.3, 0.4) is 0 Å². The Morgan fingerprint density at radius 1 is 0.505 bits per heavy atom. The van der Waals surface area contributed by atoms with Gasteiger partial charge in [-0.25, -0.2) is 29.1 Å². The quantitative estimate of drug-likeness (QED) is 0.0444. The van der Waals surface area contributed by atoms with Gasteiger partial charge in [-0.1, -0.05) is 157 Å². The first kappa shape index (κ1) is 65.1. The highest BCUT2D eigenvalue weighted by molar-refractivity contribution is 6.21. The highest BCUT2D eigenvalue weighted by Crippen LogP contribution is 2.29. The fraction of sp³-hybridized carbons (Fsp3) is 0.0959. The van der Waals surface area contributed by atoms with E-state index in [2.05, 4.69) is 61.8 Å². The standard InChI is InChI=1S/C28H22N6O4.C23H20N4O3.C22H18N4O3/c35-25(20-14-16-29-17-15-20)21-10-4-5-11-22(21)30-27(36)26(34-24-13-7-6-12-23(24)32-33-34)31-28(37)38-18-19-8-2-1-3-9-19;1-27-19-10-6-5-9-18(19)20(17-11-13-24-14-12-17)25-21(22(27)28)26-23(29)30-15-16-7-3-2-4-8-16;27-21-20(26-22(28)29-14-15-6-2-1-3-7-15)25-19(16-10-12-23-13-11-16)17-8-4-5-9-18(17)24-21/h1-17,26H,18H2,(H,30,36)(H,31,37);2-14,21H,15H2,1H3,(H,26,29);1-13,20H,14H2,(H,24,27)(H,26,28). The number of para-hydroxylation sites is 4. The number of fused-ring (bicyclic) bond motifs is 3. The van der Waals surface area contributed by atoms with Crippen molar-refractivity contribution >= 4 is 81.3 Å². The van der Waals surface area contributed by atoms with Crippen molar-refractivity contribution in [3.05, 3.63) is 312 Å². The fourth-order valence-corrected chi connectivity index (χ4v) is 10.0. The van der Waals surface area contributed by atoms with Gasteiger partial charge >= 0.3 is 18.3 Å². The molecule has 7 aromatic carbocycles. The van der Waals surface area contributed by atoms with Crippen LogP contribution in [-0.4, -0.2) is 103 Å². The molecule has 0 spiro atoms. The van der Waals surface area contributed by atoms with E-state index >= 15 is 0 Å². The average molecular weight is 1290 g/mol. The maximum absolute atomic E-state index is 13.6. The summed E-state index contributed by atoms with van der Waals surface area (Å²) in [5.41, 5.74) is 10.2. The number of nitrogens with zero attached hydrogens (tertiary/aromatic N) is 9. The van der Waals surface area contributed by atoms with E-state index in [0.717, 1.165) is 38.9 Å². The Morgan fingerprint density at radius 3 is 1.59 bits per heavy atom. The van der Waals surface area contributed by atoms with Crippen LogP contribution in [0.25, 0.3) is 11.0 Å². The molecule has 97 heavy (non-hydrogen) atoms. The molecule has 0 saturated heterocycles. The molecule has 13 rings (SSSR count). The van der Waals surface area contributed by atoms with Gasteiger partial charge in [-0.05, 0) is 89.5 Å². The van der Waals surface area contributed by atoms with Gasteiger partial charge in [-0.3, -0.25) is 50.1 Å². The lowest BCUT2D eigenvalue weighted by Gasteiger charge is -2.20. The second-order valence-corrected chi connectivity index (χ2v) is 21.3. The summed E-state index contributed by atoms with van der Waals surface area (Å²) in [4.78, 5) is 112. The van der Waals surface area contributed by atoms with Crippen LogP contribution < -0.4 is 31.5 Å². The molecule has 4 aromatic heterocycles. The molecule has 3 atom stereocenters. The highest BCUT2D eigenvalue weighted by Gasteiger charge is 2.33. The number of carbonyl (C=O) groups is 7. The molecular formula is C73H60N14O10. The first-order chi connectivity index (χ1) is 47.4. The molecule has 0 fully saturated rings. The molecule has 24 nitrogen and oxygen atoms in total. The van der Waals surface area contributed by atoms with Crippen LogP contribution in [0.15, 0.2) is 272 Å². The van der Waals surface area contributed by atoms with Gasteiger partial charge < -0.3 is 29.7 Å². The molecule has 0 aliphatic carbocycles. The lowest BCUT2D eigenvalue weighted by atomic mass is 10.0. The Morgan fingerprint density at radius 2 is 0.979 bits per heavy atom. The molecule has 6 heterocycles. The molecule has 24 heteroatoms. The van der Waals surface area contributed by atoms with E-state index in [1.54, 1.807) is 111 Å². The number of aliphatic imine (C=N–C) groups is 2. The Balaban J connectivity index is 0.000000149. The van der Waals surface area contributed by atoms with Crippen molar-refractivity contribution in [2.24, 2.45) is 9.98 Å². The molecule has 6 amide bonds. The number of alkyl carbamates (subject to hydrolysis) is 3. The van der Waals surface area contributed by atoms with E-state index in [4.69, 9.17) is 14.2 Å². The summed E-state index contributed by atoms with van der Waals surface area (Å²) in [5, 5.41) is 21.5. The van der Waals surface area contributed by atoms with Crippen molar-refractivity contribution < 1.29 is 47.8 Å². The molecular weight excluding hydrogens is 1230 g/mol. The predicted molar refractivity (Wildman–Crippen MR) is 361 cm³/mol. The van der Waals surface area contributed by atoms with Crippen LogP contribution in [-0.2, 0) is 48.4 Å². The summed E-state index contributed by atoms with van der Waals surface area (Å²) in [5.74, 6) is -1.74. The monoisotopic (exact) mass is 1290 g/mol. The molecule has 0 bridgehead atoms. The summed E-state index contributed by atoms with van der Waals surface area (Å²) in [6.45, 7) is 0.217. The Hall–Kier alpha value is -13.4. The van der Waals surface area contributed by atoms with Crippen LogP contribution in [0, 0.1) is 0 Å². The third kappa shape index (κ3) is 16.8. The van der Waals surface area contributed by atoms with E-state index in [1.165, 1.54) is 22.0 Å². The number of nitrogens with one attached hydrogen (secondary N) is 5. The SMILES string of the molecule is CN1C(=O)C(NC(=O)OCc2ccccc2)N=C(c2ccncc2)c2ccccc21.O=C(NC(C(=O)Nc1ccccc1C(=O)c1ccncc1)n1nnc2ccccc21)OCc1ccccc1.O=C(NC1N=C(c2ccncc2)c2ccccc2NC1=O)OCc1ccccc1. The van der Waals surface area contributed by atoms with Crippen LogP contribution in [0.1, 0.15) is 61.0 Å². The minimum atomic E-state index is -1.32. The lowest BCUT2D eigenvalue weighted by molar-refractivity contribution is -0.120. The van der Waals surface area contributed by atoms with Gasteiger partial charge in [0.1, 0.15) is 25.3 Å². The number of hydrogen-bond donors (Lipinski definition) is 5. The number of amides is 6. The van der Waals surface area contributed by atoms with E-state index in [9.17, 15) is 33.6 Å². The molecule has 2 aliphatic rings. The third-order valence-electron chi connectivity index (χ3n) is 14.8. The number of hydrogen-bond acceptors (Lipinski definition) is 17. The minimum absolute atomic E-state index is 0.0163. The first-order valence-electron chi connectivity index (χ1n) is 30.2. The number of benzene rings is 7. The Bertz CT molecular complexity index is 4650. The number of rotatable bonds is 16. The fourth-order valence-electron chi connectivity index (χ4n) is 10.0. The summed E-state index contributed by atoms with van der Waals surface area (Å²) >= 11 is 0. The topological polar surface area (TPSA) is 305 Å². The van der Waals surface area contributed by atoms with Crippen molar-refractivity contribution in [1.29, 1.82) is 0 Å². The summed E-state index contributed by atoms with van der Waals surface area (Å²) in [6, 6.07) is 66.7. The smallest absolute Gasteiger partial charge is 0.409 e. The number of carbonyl (C=O) groups excluding carboxylic acids is 7. The summed E-state index contributed by atoms with van der Waals surface area (Å²) < 4.78 is 17.1. The number of anilines is 3. The van der Waals surface area contributed by atoms with Crippen LogP contribution in [0.4, 0.5) is 31.4 Å². The zero-order chi connectivity index (χ0) is 67.3. The van der Waals surface area contributed by atoms with Gasteiger partial charge in [0, 0.05) is 77.6 Å². The van der Waals surface area contributed by atoms with Crippen LogP contribution >= 0.6 is 0 Å². The Labute approximate surface area is 555 Å². The number of ether oxygens (including phenoxy) is 3. The lowest BCUT2D eigenvalue weighted by Crippen LogP contribution is -2.46. The molecule has 0 radical (unpaired) electrons. The van der Waals surface area contributed by atoms with E-state index in [0.29, 0.717) is 39.4 Å². The van der Waals surface area contributed by atoms with Crippen molar-refractivity contribution in [3.8, 4) is 0 Å². The second-order valence-electron chi connectivity index (χ2n) is 21.3. The van der Waals surface area contributed by atoms with Crippen LogP contribution in [0.2, 0.25) is 0 Å². The van der Waals surface area contributed by atoms with E-state index < -0.39 is 48.6 Å². The molecule has 2 aliphatic heterocycles. The van der Waals surface area contributed by atoms with Gasteiger partial charge in [0.25, 0.3) is 17.7 Å². The van der Waals surface area contributed by atoms with E-state index in [1.807, 2.05) is 146 Å². The van der Waals surface area contributed by atoms with Crippen LogP contribution in [0.5, 0.6) is 0 Å². The molecule has 11 aromatic rings. The van der Waals surface area contributed by atoms with Crippen molar-refractivity contribution in [2.75, 3.05) is 22.6 Å². The maximum Gasteiger partial charge on any atom is 0.409 e. The molecule has 5 N–H and O–H groups in total. The number of ketones is 1. The summed E-state index contributed by atoms with van der Waals surface area (Å²) in [6.07, 6.45) is 3.82. The minimum Gasteiger partial charge on any atom is -0.445 e. The number of likely N-dealkylation sites (N-methyl/N-ethyl adjacent to an activating group) is 1. The van der Waals surface area contributed by atoms with Gasteiger partial charge in [-0.2, -0.15) is 0 Å². The third-order valence-corrected chi connectivity index (χ3v) is 14.8. The number of pyridine rings is 3. The van der Waals surface area contributed by atoms with Crippen molar-refractivity contribution in [2.45, 2.75) is 38.3 Å². The van der Waals surface area contributed by atoms with Crippen molar-refractivity contribution in [3.63, 3.8) is 0 Å². The summed E-state index contributed by atoms with van der Waals surface area (Å²) in [7, 11) is 1.66. The van der Waals surface area contributed by atoms with Gasteiger partial charge in [0.2, 0.25) is 18.5 Å². The van der Waals surface area contributed by atoms with Crippen molar-refractivity contribution in [1.82, 2.24) is 45.9 Å². The van der Waals surface area contributed by atoms with E-state index in [-0.39, 0.29) is 42.8 Å². The normalized spacial score (nSPS) is 13.9. The molecule has 482 valence electrons. The zero-order valence-electron chi connectivity index (χ0n) is 51.8. The second kappa shape index (κ2) is 31.8. The zero-order valence-corrected chi connectivity index (χ0v) is 51.8. The Kier molecular flexibility index (Phi) is 21.3. The highest BCUT2D eigenvalue weighted by atomic mass is 16.6.